The fourth-order valence-corrected chi connectivity index (χ4v) is 5.29. The molecule has 0 amide bonds. The van der Waals surface area contributed by atoms with Crippen LogP contribution in [0.2, 0.25) is 0 Å². The molecule has 0 fully saturated rings. The first-order chi connectivity index (χ1) is 14.6. The van der Waals surface area contributed by atoms with Crippen molar-refractivity contribution >= 4 is 21.7 Å². The number of anilines is 1. The topological polar surface area (TPSA) is 74.7 Å². The Labute approximate surface area is 176 Å². The van der Waals surface area contributed by atoms with Gasteiger partial charge in [-0.25, -0.2) is 13.2 Å². The molecule has 5 nitrogen and oxygen atoms in total. The van der Waals surface area contributed by atoms with E-state index in [1.165, 1.54) is 36.4 Å². The maximum atomic E-state index is 13.3. The summed E-state index contributed by atoms with van der Waals surface area (Å²) in [5, 5.41) is 9.55. The Bertz CT molecular complexity index is 1250. The van der Waals surface area contributed by atoms with Crippen LogP contribution in [0.3, 0.4) is 0 Å². The van der Waals surface area contributed by atoms with E-state index in [9.17, 15) is 31.5 Å². The number of alkyl halides is 3. The van der Waals surface area contributed by atoms with Crippen LogP contribution in [0, 0.1) is 0 Å². The minimum atomic E-state index is -4.49. The maximum Gasteiger partial charge on any atom is 0.416 e. The summed E-state index contributed by atoms with van der Waals surface area (Å²) in [6.07, 6.45) is -4.44. The Morgan fingerprint density at radius 1 is 0.935 bits per heavy atom. The quantitative estimate of drug-likeness (QED) is 0.636. The molecule has 3 aromatic rings. The van der Waals surface area contributed by atoms with Gasteiger partial charge in [0.15, 0.2) is 0 Å². The second-order valence-corrected chi connectivity index (χ2v) is 8.91. The number of halogens is 3. The average molecular weight is 447 g/mol. The lowest BCUT2D eigenvalue weighted by Gasteiger charge is -2.24. The lowest BCUT2D eigenvalue weighted by atomic mass is 10.0. The minimum Gasteiger partial charge on any atom is -0.480 e. The molecule has 3 aromatic carbocycles. The van der Waals surface area contributed by atoms with Crippen molar-refractivity contribution in [2.24, 2.45) is 0 Å². The Balaban J connectivity index is 1.71. The number of carbonyl (C=O) groups is 1. The summed E-state index contributed by atoms with van der Waals surface area (Å²) in [5.74, 6) is -1.26. The van der Waals surface area contributed by atoms with Crippen LogP contribution in [0.1, 0.15) is 11.1 Å². The van der Waals surface area contributed by atoms with Crippen LogP contribution in [0.15, 0.2) is 77.7 Å². The Hall–Kier alpha value is -3.33. The van der Waals surface area contributed by atoms with Crippen LogP contribution in [-0.4, -0.2) is 25.5 Å². The molecule has 0 saturated heterocycles. The molecule has 31 heavy (non-hydrogen) atoms. The molecule has 0 unspecified atom stereocenters. The van der Waals surface area contributed by atoms with E-state index in [0.29, 0.717) is 16.8 Å². The number of nitrogens with zero attached hydrogens (tertiary/aromatic N) is 1. The van der Waals surface area contributed by atoms with Crippen molar-refractivity contribution in [3.05, 3.63) is 83.9 Å². The molecule has 160 valence electrons. The van der Waals surface area contributed by atoms with Crippen LogP contribution in [0.25, 0.3) is 11.1 Å². The van der Waals surface area contributed by atoms with Gasteiger partial charge in [0.05, 0.1) is 16.1 Å². The van der Waals surface area contributed by atoms with Crippen molar-refractivity contribution in [3.8, 4) is 11.1 Å². The van der Waals surface area contributed by atoms with Crippen LogP contribution in [0.4, 0.5) is 18.9 Å². The highest BCUT2D eigenvalue weighted by Gasteiger charge is 2.42. The molecule has 0 aliphatic carbocycles. The molecule has 4 rings (SSSR count). The van der Waals surface area contributed by atoms with Gasteiger partial charge < -0.3 is 5.11 Å². The second-order valence-electron chi connectivity index (χ2n) is 7.09. The Morgan fingerprint density at radius 2 is 1.61 bits per heavy atom. The Kier molecular flexibility index (Phi) is 5.01. The van der Waals surface area contributed by atoms with E-state index in [1.807, 2.05) is 0 Å². The molecule has 0 bridgehead atoms. The van der Waals surface area contributed by atoms with E-state index < -0.39 is 33.8 Å². The van der Waals surface area contributed by atoms with E-state index in [0.717, 1.165) is 16.4 Å². The number of para-hydroxylation sites is 1. The molecule has 0 saturated carbocycles. The summed E-state index contributed by atoms with van der Waals surface area (Å²) in [6, 6.07) is 15.3. The fourth-order valence-electron chi connectivity index (χ4n) is 3.65. The van der Waals surface area contributed by atoms with Crippen molar-refractivity contribution in [3.63, 3.8) is 0 Å². The highest BCUT2D eigenvalue weighted by Crippen LogP contribution is 2.37. The number of carboxylic acids is 1. The summed E-state index contributed by atoms with van der Waals surface area (Å²) in [4.78, 5) is 11.6. The number of benzene rings is 3. The van der Waals surface area contributed by atoms with E-state index in [1.54, 1.807) is 24.3 Å². The van der Waals surface area contributed by atoms with Gasteiger partial charge in [0.2, 0.25) is 0 Å². The van der Waals surface area contributed by atoms with Crippen molar-refractivity contribution in [1.82, 2.24) is 0 Å². The standard InChI is InChI=1S/C22H16F3NO4S/c23-22(24,25)17-6-3-5-15(12-17)14-8-10-18(11-9-14)31(29,30)26-19-7-2-1-4-16(19)13-20(26)21(27)28/h1-12,20H,13H2,(H,27,28)/t20-/m0/s1. The van der Waals surface area contributed by atoms with E-state index in [4.69, 9.17) is 0 Å². The number of hydrogen-bond acceptors (Lipinski definition) is 3. The molecule has 1 aliphatic rings. The predicted molar refractivity (Wildman–Crippen MR) is 108 cm³/mol. The minimum absolute atomic E-state index is 0.0487. The largest absolute Gasteiger partial charge is 0.480 e. The third kappa shape index (κ3) is 3.76. The van der Waals surface area contributed by atoms with Crippen LogP contribution in [0.5, 0.6) is 0 Å². The van der Waals surface area contributed by atoms with Gasteiger partial charge in [0, 0.05) is 6.42 Å². The van der Waals surface area contributed by atoms with Crippen LogP contribution in [-0.2, 0) is 27.4 Å². The molecule has 1 heterocycles. The molecular formula is C22H16F3NO4S. The molecule has 1 N–H and O–H groups in total. The van der Waals surface area contributed by atoms with Gasteiger partial charge in [0.25, 0.3) is 10.0 Å². The zero-order valence-electron chi connectivity index (χ0n) is 15.9. The number of hydrogen-bond donors (Lipinski definition) is 1. The highest BCUT2D eigenvalue weighted by atomic mass is 32.2. The number of sulfonamides is 1. The summed E-state index contributed by atoms with van der Waals surface area (Å²) in [5.41, 5.74) is 0.797. The van der Waals surface area contributed by atoms with Crippen molar-refractivity contribution in [2.45, 2.75) is 23.5 Å². The molecule has 0 radical (unpaired) electrons. The SMILES string of the molecule is O=C(O)[C@@H]1Cc2ccccc2N1S(=O)(=O)c1ccc(-c2cccc(C(F)(F)F)c2)cc1. The number of rotatable bonds is 4. The summed E-state index contributed by atoms with van der Waals surface area (Å²) >= 11 is 0. The van der Waals surface area contributed by atoms with Gasteiger partial charge in [-0.3, -0.25) is 4.31 Å². The van der Waals surface area contributed by atoms with E-state index in [2.05, 4.69) is 0 Å². The molecule has 0 spiro atoms. The smallest absolute Gasteiger partial charge is 0.416 e. The average Bonchev–Trinajstić information content (AvgIpc) is 3.14. The lowest BCUT2D eigenvalue weighted by molar-refractivity contribution is -0.138. The van der Waals surface area contributed by atoms with E-state index in [-0.39, 0.29) is 16.9 Å². The number of aliphatic carboxylic acids is 1. The third-order valence-electron chi connectivity index (χ3n) is 5.14. The van der Waals surface area contributed by atoms with Crippen LogP contribution >= 0.6 is 0 Å². The summed E-state index contributed by atoms with van der Waals surface area (Å²) in [6.45, 7) is 0. The van der Waals surface area contributed by atoms with Gasteiger partial charge >= 0.3 is 12.1 Å². The van der Waals surface area contributed by atoms with Gasteiger partial charge in [0.1, 0.15) is 6.04 Å². The second kappa shape index (κ2) is 7.42. The lowest BCUT2D eigenvalue weighted by Crippen LogP contribution is -2.42. The first-order valence-corrected chi connectivity index (χ1v) is 10.7. The fraction of sp³-hybridized carbons (Fsp3) is 0.136. The van der Waals surface area contributed by atoms with Crippen LogP contribution < -0.4 is 4.31 Å². The zero-order valence-corrected chi connectivity index (χ0v) is 16.7. The van der Waals surface area contributed by atoms with E-state index >= 15 is 0 Å². The maximum absolute atomic E-state index is 13.3. The van der Waals surface area contributed by atoms with Gasteiger partial charge in [-0.2, -0.15) is 13.2 Å². The molecular weight excluding hydrogens is 431 g/mol. The third-order valence-corrected chi connectivity index (χ3v) is 6.98. The molecule has 1 atom stereocenters. The normalized spacial score (nSPS) is 16.2. The highest BCUT2D eigenvalue weighted by molar-refractivity contribution is 7.93. The first-order valence-electron chi connectivity index (χ1n) is 9.22. The first kappa shape index (κ1) is 20.9. The molecule has 1 aliphatic heterocycles. The summed E-state index contributed by atoms with van der Waals surface area (Å²) < 4.78 is 66.3. The monoisotopic (exact) mass is 447 g/mol. The molecule has 0 aromatic heterocycles. The Morgan fingerprint density at radius 3 is 2.26 bits per heavy atom. The zero-order chi connectivity index (χ0) is 22.4. The van der Waals surface area contributed by atoms with Gasteiger partial charge in [-0.05, 0) is 47.0 Å². The van der Waals surface area contributed by atoms with Crippen molar-refractivity contribution < 1.29 is 31.5 Å². The van der Waals surface area contributed by atoms with Crippen molar-refractivity contribution in [1.29, 1.82) is 0 Å². The van der Waals surface area contributed by atoms with Gasteiger partial charge in [-0.15, -0.1) is 0 Å². The number of carboxylic acid groups (broad SMARTS) is 1. The van der Waals surface area contributed by atoms with Gasteiger partial charge in [-0.1, -0.05) is 42.5 Å². The molecule has 9 heteroatoms. The predicted octanol–water partition coefficient (Wildman–Crippen LogP) is 4.58. The number of fused-ring (bicyclic) bond motifs is 1. The summed E-state index contributed by atoms with van der Waals surface area (Å²) in [7, 11) is -4.20. The van der Waals surface area contributed by atoms with Crippen molar-refractivity contribution in [2.75, 3.05) is 4.31 Å².